The molecule has 0 aromatic rings. The predicted octanol–water partition coefficient (Wildman–Crippen LogP) is 6.67. The lowest BCUT2D eigenvalue weighted by atomic mass is 10.0. The standard InChI is InChI=1S/C22H36OSi/c1-12(2)23-24(11,21-17(7)13(3)14(4)18(21)8)22-19(9)15(5)16(6)20(22)10/h12-13,15H,1-11H3. The van der Waals surface area contributed by atoms with Gasteiger partial charge >= 0.3 is 0 Å². The minimum Gasteiger partial charge on any atom is -0.406 e. The second-order valence-electron chi connectivity index (χ2n) is 8.38. The summed E-state index contributed by atoms with van der Waals surface area (Å²) in [6.07, 6.45) is 0.246. The van der Waals surface area contributed by atoms with Gasteiger partial charge in [-0.05, 0) is 95.3 Å². The summed E-state index contributed by atoms with van der Waals surface area (Å²) in [5.74, 6) is 1.10. The van der Waals surface area contributed by atoms with Gasteiger partial charge in [-0.2, -0.15) is 0 Å². The van der Waals surface area contributed by atoms with E-state index in [9.17, 15) is 0 Å². The Kier molecular flexibility index (Phi) is 5.24. The third-order valence-electron chi connectivity index (χ3n) is 6.75. The van der Waals surface area contributed by atoms with Gasteiger partial charge in [0.1, 0.15) is 0 Å². The zero-order valence-electron chi connectivity index (χ0n) is 17.6. The molecule has 0 spiro atoms. The Balaban J connectivity index is 2.76. The topological polar surface area (TPSA) is 9.23 Å². The summed E-state index contributed by atoms with van der Waals surface area (Å²) < 4.78 is 6.84. The molecule has 0 N–H and O–H groups in total. The molecular formula is C22H36OSi. The maximum absolute atomic E-state index is 6.84. The van der Waals surface area contributed by atoms with Crippen LogP contribution < -0.4 is 0 Å². The zero-order chi connectivity index (χ0) is 18.6. The molecule has 0 bridgehead atoms. The van der Waals surface area contributed by atoms with Gasteiger partial charge in [0, 0.05) is 6.10 Å². The van der Waals surface area contributed by atoms with Gasteiger partial charge in [0.15, 0.2) is 0 Å². The first kappa shape index (κ1) is 19.5. The van der Waals surface area contributed by atoms with E-state index in [0.717, 1.165) is 0 Å². The van der Waals surface area contributed by atoms with E-state index >= 15 is 0 Å². The molecule has 0 radical (unpaired) electrons. The summed E-state index contributed by atoms with van der Waals surface area (Å²) in [5.41, 5.74) is 9.09. The maximum Gasteiger partial charge on any atom is 0.253 e. The molecule has 0 heterocycles. The molecule has 2 aliphatic carbocycles. The van der Waals surface area contributed by atoms with E-state index in [2.05, 4.69) is 75.8 Å². The smallest absolute Gasteiger partial charge is 0.253 e. The van der Waals surface area contributed by atoms with Crippen molar-refractivity contribution in [1.82, 2.24) is 0 Å². The third kappa shape index (κ3) is 2.72. The largest absolute Gasteiger partial charge is 0.406 e. The van der Waals surface area contributed by atoms with E-state index in [1.807, 2.05) is 0 Å². The Hall–Kier alpha value is -0.863. The quantitative estimate of drug-likeness (QED) is 0.517. The average molecular weight is 345 g/mol. The number of hydrogen-bond acceptors (Lipinski definition) is 1. The second-order valence-corrected chi connectivity index (χ2v) is 11.7. The second kappa shape index (κ2) is 6.46. The highest BCUT2D eigenvalue weighted by Gasteiger charge is 2.47. The summed E-state index contributed by atoms with van der Waals surface area (Å²) in [6, 6.07) is 0. The maximum atomic E-state index is 6.84. The lowest BCUT2D eigenvalue weighted by Gasteiger charge is -2.36. The lowest BCUT2D eigenvalue weighted by molar-refractivity contribution is 0.237. The zero-order valence-corrected chi connectivity index (χ0v) is 18.6. The van der Waals surface area contributed by atoms with Crippen molar-refractivity contribution in [1.29, 1.82) is 0 Å². The molecule has 0 saturated heterocycles. The molecule has 0 aromatic heterocycles. The molecule has 134 valence electrons. The van der Waals surface area contributed by atoms with Crippen molar-refractivity contribution in [3.05, 3.63) is 43.8 Å². The van der Waals surface area contributed by atoms with Crippen molar-refractivity contribution in [3.63, 3.8) is 0 Å². The van der Waals surface area contributed by atoms with Gasteiger partial charge in [-0.1, -0.05) is 36.1 Å². The van der Waals surface area contributed by atoms with Crippen LogP contribution in [0.2, 0.25) is 6.55 Å². The van der Waals surface area contributed by atoms with E-state index in [4.69, 9.17) is 4.43 Å². The Morgan fingerprint density at radius 3 is 1.25 bits per heavy atom. The van der Waals surface area contributed by atoms with Crippen LogP contribution in [0.5, 0.6) is 0 Å². The van der Waals surface area contributed by atoms with Gasteiger partial charge in [0.2, 0.25) is 0 Å². The van der Waals surface area contributed by atoms with E-state index in [-0.39, 0.29) is 6.10 Å². The summed E-state index contributed by atoms with van der Waals surface area (Å²) in [7, 11) is -2.22. The molecule has 2 aliphatic rings. The van der Waals surface area contributed by atoms with Gasteiger partial charge in [0.05, 0.1) is 0 Å². The van der Waals surface area contributed by atoms with E-state index in [0.29, 0.717) is 11.8 Å². The van der Waals surface area contributed by atoms with Crippen LogP contribution in [0.4, 0.5) is 0 Å². The van der Waals surface area contributed by atoms with Gasteiger partial charge < -0.3 is 4.43 Å². The Bertz CT molecular complexity index is 633. The summed E-state index contributed by atoms with van der Waals surface area (Å²) >= 11 is 0. The molecule has 0 aliphatic heterocycles. The van der Waals surface area contributed by atoms with Crippen molar-refractivity contribution in [2.75, 3.05) is 0 Å². The van der Waals surface area contributed by atoms with Gasteiger partial charge in [-0.15, -0.1) is 0 Å². The highest BCUT2D eigenvalue weighted by molar-refractivity contribution is 6.88. The monoisotopic (exact) mass is 344 g/mol. The van der Waals surface area contributed by atoms with Crippen molar-refractivity contribution < 1.29 is 4.43 Å². The molecular weight excluding hydrogens is 308 g/mol. The summed E-state index contributed by atoms with van der Waals surface area (Å²) in [4.78, 5) is 0. The molecule has 2 heteroatoms. The first-order valence-corrected chi connectivity index (χ1v) is 11.8. The third-order valence-corrected chi connectivity index (χ3v) is 11.1. The normalized spacial score (nSPS) is 28.0. The fourth-order valence-electron chi connectivity index (χ4n) is 4.90. The Morgan fingerprint density at radius 1 is 0.708 bits per heavy atom. The van der Waals surface area contributed by atoms with Crippen LogP contribution in [0, 0.1) is 11.8 Å². The average Bonchev–Trinajstić information content (AvgIpc) is 2.80. The molecule has 2 unspecified atom stereocenters. The highest BCUT2D eigenvalue weighted by Crippen LogP contribution is 2.49. The molecule has 0 amide bonds. The number of hydrogen-bond donors (Lipinski definition) is 0. The van der Waals surface area contributed by atoms with Crippen LogP contribution in [-0.2, 0) is 4.43 Å². The van der Waals surface area contributed by atoms with E-state index < -0.39 is 8.32 Å². The highest BCUT2D eigenvalue weighted by atomic mass is 28.4. The summed E-state index contributed by atoms with van der Waals surface area (Å²) in [5, 5.41) is 3.11. The molecule has 0 saturated carbocycles. The minimum absolute atomic E-state index is 0.246. The molecule has 0 aromatic carbocycles. The van der Waals surface area contributed by atoms with Gasteiger partial charge in [-0.25, -0.2) is 0 Å². The van der Waals surface area contributed by atoms with Crippen molar-refractivity contribution in [3.8, 4) is 0 Å². The Labute approximate surface area is 150 Å². The van der Waals surface area contributed by atoms with Crippen LogP contribution in [0.25, 0.3) is 0 Å². The Morgan fingerprint density at radius 2 is 1.04 bits per heavy atom. The molecule has 2 rings (SSSR count). The van der Waals surface area contributed by atoms with Crippen LogP contribution in [0.1, 0.15) is 69.2 Å². The van der Waals surface area contributed by atoms with Crippen LogP contribution in [-0.4, -0.2) is 14.4 Å². The number of rotatable bonds is 4. The first-order valence-electron chi connectivity index (χ1n) is 9.40. The van der Waals surface area contributed by atoms with Crippen LogP contribution in [0.15, 0.2) is 43.8 Å². The SMILES string of the molecule is CC1=C(C)C(C)C(C)=C1[Si](C)(OC(C)C)C1=C(C)C(C)C(C)=C1C. The molecule has 1 nitrogen and oxygen atoms in total. The number of allylic oxidation sites excluding steroid dienone is 8. The first-order chi connectivity index (χ1) is 10.9. The van der Waals surface area contributed by atoms with Crippen molar-refractivity contribution in [2.45, 2.75) is 81.9 Å². The predicted molar refractivity (Wildman–Crippen MR) is 108 cm³/mol. The minimum atomic E-state index is -2.22. The fraction of sp³-hybridized carbons (Fsp3) is 0.636. The molecule has 2 atom stereocenters. The van der Waals surface area contributed by atoms with E-state index in [1.54, 1.807) is 10.4 Å². The van der Waals surface area contributed by atoms with Gasteiger partial charge in [0.25, 0.3) is 8.32 Å². The van der Waals surface area contributed by atoms with Crippen molar-refractivity contribution in [2.24, 2.45) is 11.8 Å². The summed E-state index contributed by atoms with van der Waals surface area (Å²) in [6.45, 7) is 25.4. The molecule has 24 heavy (non-hydrogen) atoms. The van der Waals surface area contributed by atoms with E-state index in [1.165, 1.54) is 33.4 Å². The fourth-order valence-corrected chi connectivity index (χ4v) is 10.1. The van der Waals surface area contributed by atoms with Crippen molar-refractivity contribution >= 4 is 8.32 Å². The van der Waals surface area contributed by atoms with Crippen LogP contribution >= 0.6 is 0 Å². The lowest BCUT2D eigenvalue weighted by Crippen LogP contribution is -2.44. The van der Waals surface area contributed by atoms with Crippen LogP contribution in [0.3, 0.4) is 0 Å². The van der Waals surface area contributed by atoms with Gasteiger partial charge in [-0.3, -0.25) is 0 Å². The molecule has 0 fully saturated rings.